The molecule has 2 aromatic carbocycles. The van der Waals surface area contributed by atoms with Gasteiger partial charge in [-0.15, -0.1) is 0 Å². The molecule has 6 heteroatoms. The lowest BCUT2D eigenvalue weighted by molar-refractivity contribution is -0.137. The minimum absolute atomic E-state index is 0.0734. The molecule has 0 atom stereocenters. The summed E-state index contributed by atoms with van der Waals surface area (Å²) in [4.78, 5) is 32.3. The summed E-state index contributed by atoms with van der Waals surface area (Å²) in [5.74, 6) is 0.342. The molecule has 6 nitrogen and oxygen atoms in total. The van der Waals surface area contributed by atoms with Gasteiger partial charge in [-0.05, 0) is 69.5 Å². The summed E-state index contributed by atoms with van der Waals surface area (Å²) in [6, 6.07) is 13.9. The molecule has 0 unspecified atom stereocenters. The van der Waals surface area contributed by atoms with Crippen molar-refractivity contribution in [3.8, 4) is 5.75 Å². The molecule has 33 heavy (non-hydrogen) atoms. The molecule has 0 aliphatic carbocycles. The molecule has 4 rings (SSSR count). The molecule has 1 fully saturated rings. The van der Waals surface area contributed by atoms with Crippen molar-refractivity contribution in [3.05, 3.63) is 64.9 Å². The normalized spacial score (nSPS) is 17.0. The number of hydrogen-bond acceptors (Lipinski definition) is 5. The second-order valence-electron chi connectivity index (χ2n) is 8.96. The molecular formula is C27H33N3O3. The van der Waals surface area contributed by atoms with Crippen LogP contribution in [-0.4, -0.2) is 60.4 Å². The Morgan fingerprint density at radius 3 is 2.12 bits per heavy atom. The summed E-state index contributed by atoms with van der Waals surface area (Å²) in [6.45, 7) is 13.4. The highest BCUT2D eigenvalue weighted by Crippen LogP contribution is 2.34. The Morgan fingerprint density at radius 2 is 1.52 bits per heavy atom. The molecule has 0 radical (unpaired) electrons. The lowest BCUT2D eigenvalue weighted by Gasteiger charge is -2.38. The fourth-order valence-electron chi connectivity index (χ4n) is 4.63. The number of aryl methyl sites for hydroxylation is 1. The Kier molecular flexibility index (Phi) is 6.45. The average Bonchev–Trinajstić information content (AvgIpc) is 3.05. The lowest BCUT2D eigenvalue weighted by Crippen LogP contribution is -2.47. The summed E-state index contributed by atoms with van der Waals surface area (Å²) < 4.78 is 5.74. The number of amides is 2. The smallest absolute Gasteiger partial charge is 0.277 e. The second-order valence-corrected chi connectivity index (χ2v) is 8.96. The summed E-state index contributed by atoms with van der Waals surface area (Å²) in [5.41, 5.74) is 5.60. The first-order chi connectivity index (χ1) is 15.8. The number of benzene rings is 2. The Morgan fingerprint density at radius 1 is 0.879 bits per heavy atom. The van der Waals surface area contributed by atoms with Crippen LogP contribution in [0.5, 0.6) is 5.75 Å². The van der Waals surface area contributed by atoms with Gasteiger partial charge in [0.15, 0.2) is 0 Å². The molecule has 2 aliphatic heterocycles. The maximum Gasteiger partial charge on any atom is 0.277 e. The topological polar surface area (TPSA) is 53.1 Å². The van der Waals surface area contributed by atoms with Gasteiger partial charge < -0.3 is 14.5 Å². The second kappa shape index (κ2) is 9.30. The quantitative estimate of drug-likeness (QED) is 0.627. The molecule has 0 aromatic heterocycles. The van der Waals surface area contributed by atoms with Gasteiger partial charge in [0.25, 0.3) is 11.8 Å². The highest BCUT2D eigenvalue weighted by molar-refractivity contribution is 6.35. The van der Waals surface area contributed by atoms with Crippen LogP contribution in [0.25, 0.3) is 5.57 Å². The van der Waals surface area contributed by atoms with Crippen LogP contribution in [0.1, 0.15) is 37.5 Å². The van der Waals surface area contributed by atoms with Crippen molar-refractivity contribution in [2.24, 2.45) is 0 Å². The number of nitrogens with zero attached hydrogens (tertiary/aromatic N) is 3. The number of likely N-dealkylation sites (N-methyl/N-ethyl adjacent to an activating group) is 1. The van der Waals surface area contributed by atoms with E-state index in [2.05, 4.69) is 41.8 Å². The summed E-state index contributed by atoms with van der Waals surface area (Å²) in [6.07, 6.45) is 0.0734. The van der Waals surface area contributed by atoms with Crippen LogP contribution in [0.4, 0.5) is 5.69 Å². The van der Waals surface area contributed by atoms with Crippen molar-refractivity contribution >= 4 is 23.1 Å². The van der Waals surface area contributed by atoms with Crippen LogP contribution >= 0.6 is 0 Å². The zero-order chi connectivity index (χ0) is 23.7. The van der Waals surface area contributed by atoms with E-state index in [1.54, 1.807) is 0 Å². The van der Waals surface area contributed by atoms with Crippen molar-refractivity contribution in [1.29, 1.82) is 0 Å². The summed E-state index contributed by atoms with van der Waals surface area (Å²) in [5, 5.41) is 0. The van der Waals surface area contributed by atoms with E-state index >= 15 is 0 Å². The van der Waals surface area contributed by atoms with E-state index < -0.39 is 0 Å². The highest BCUT2D eigenvalue weighted by atomic mass is 16.5. The minimum atomic E-state index is -0.216. The number of rotatable bonds is 6. The van der Waals surface area contributed by atoms with Gasteiger partial charge in [-0.2, -0.15) is 0 Å². The minimum Gasteiger partial charge on any atom is -0.491 e. The maximum atomic E-state index is 13.3. The molecule has 174 valence electrons. The fourth-order valence-corrected chi connectivity index (χ4v) is 4.63. The Labute approximate surface area is 196 Å². The van der Waals surface area contributed by atoms with Crippen molar-refractivity contribution in [2.75, 3.05) is 37.6 Å². The van der Waals surface area contributed by atoms with Crippen LogP contribution in [-0.2, 0) is 9.59 Å². The molecule has 0 N–H and O–H groups in total. The highest BCUT2D eigenvalue weighted by Gasteiger charge is 2.41. The van der Waals surface area contributed by atoms with Crippen LogP contribution in [0.3, 0.4) is 0 Å². The zero-order valence-electron chi connectivity index (χ0n) is 20.2. The molecular weight excluding hydrogens is 414 g/mol. The van der Waals surface area contributed by atoms with Crippen molar-refractivity contribution in [1.82, 2.24) is 9.80 Å². The van der Waals surface area contributed by atoms with Gasteiger partial charge >= 0.3 is 0 Å². The number of carbonyl (C=O) groups is 2. The van der Waals surface area contributed by atoms with Gasteiger partial charge in [0.1, 0.15) is 11.4 Å². The van der Waals surface area contributed by atoms with E-state index in [0.29, 0.717) is 30.9 Å². The van der Waals surface area contributed by atoms with Crippen LogP contribution in [0, 0.1) is 13.8 Å². The van der Waals surface area contributed by atoms with E-state index in [1.807, 2.05) is 45.0 Å². The fraction of sp³-hybridized carbons (Fsp3) is 0.407. The first-order valence-electron chi connectivity index (χ1n) is 11.8. The van der Waals surface area contributed by atoms with Crippen LogP contribution in [0.2, 0.25) is 0 Å². The molecule has 0 saturated carbocycles. The number of carbonyl (C=O) groups excluding carboxylic acids is 2. The number of piperazine rings is 1. The largest absolute Gasteiger partial charge is 0.491 e. The number of anilines is 1. The predicted octanol–water partition coefficient (Wildman–Crippen LogP) is 4.01. The third-order valence-electron chi connectivity index (χ3n) is 6.49. The number of imide groups is 1. The molecule has 0 bridgehead atoms. The first kappa shape index (κ1) is 22.9. The van der Waals surface area contributed by atoms with Crippen LogP contribution in [0.15, 0.2) is 48.2 Å². The third-order valence-corrected chi connectivity index (χ3v) is 6.49. The van der Waals surface area contributed by atoms with Gasteiger partial charge in [0.05, 0.1) is 11.7 Å². The summed E-state index contributed by atoms with van der Waals surface area (Å²) >= 11 is 0. The van der Waals surface area contributed by atoms with E-state index in [4.69, 9.17) is 4.74 Å². The predicted molar refractivity (Wildman–Crippen MR) is 131 cm³/mol. The Bertz CT molecular complexity index is 1080. The van der Waals surface area contributed by atoms with Gasteiger partial charge in [-0.25, -0.2) is 0 Å². The van der Waals surface area contributed by atoms with E-state index in [9.17, 15) is 9.59 Å². The Balaban J connectivity index is 1.62. The Hall–Kier alpha value is -3.28. The van der Waals surface area contributed by atoms with E-state index in [-0.39, 0.29) is 17.9 Å². The molecule has 2 heterocycles. The van der Waals surface area contributed by atoms with Crippen molar-refractivity contribution < 1.29 is 14.3 Å². The summed E-state index contributed by atoms with van der Waals surface area (Å²) in [7, 11) is 0. The molecule has 1 saturated heterocycles. The van der Waals surface area contributed by atoms with E-state index in [1.165, 1.54) is 21.7 Å². The van der Waals surface area contributed by atoms with E-state index in [0.717, 1.165) is 24.4 Å². The monoisotopic (exact) mass is 447 g/mol. The van der Waals surface area contributed by atoms with Crippen molar-refractivity contribution in [3.63, 3.8) is 0 Å². The first-order valence-corrected chi connectivity index (χ1v) is 11.8. The third kappa shape index (κ3) is 4.34. The average molecular weight is 448 g/mol. The molecule has 0 spiro atoms. The standard InChI is InChI=1S/C27H33N3O3/c1-6-30-26(31)24(21-10-12-22(13-11-21)33-18(2)3)25(27(30)32)29-16-14-28(15-17-29)23-9-7-8-19(4)20(23)5/h7-13,18H,6,14-17H2,1-5H3. The SMILES string of the molecule is CCN1C(=O)C(c2ccc(OC(C)C)cc2)=C(N2CCN(c3cccc(C)c3C)CC2)C1=O. The van der Waals surface area contributed by atoms with Gasteiger partial charge in [-0.1, -0.05) is 24.3 Å². The lowest BCUT2D eigenvalue weighted by atomic mass is 10.0. The van der Waals surface area contributed by atoms with Crippen LogP contribution < -0.4 is 9.64 Å². The van der Waals surface area contributed by atoms with Gasteiger partial charge in [0, 0.05) is 38.4 Å². The molecule has 2 amide bonds. The zero-order valence-corrected chi connectivity index (χ0v) is 20.2. The van der Waals surface area contributed by atoms with Gasteiger partial charge in [0.2, 0.25) is 0 Å². The number of ether oxygens (including phenoxy) is 1. The number of hydrogen-bond donors (Lipinski definition) is 0. The van der Waals surface area contributed by atoms with Gasteiger partial charge in [-0.3, -0.25) is 14.5 Å². The maximum absolute atomic E-state index is 13.3. The molecule has 2 aliphatic rings. The molecule has 2 aromatic rings. The van der Waals surface area contributed by atoms with Crippen molar-refractivity contribution in [2.45, 2.75) is 40.7 Å².